The van der Waals surface area contributed by atoms with Crippen LogP contribution in [-0.2, 0) is 13.1 Å². The molecule has 11 heteroatoms. The van der Waals surface area contributed by atoms with Gasteiger partial charge in [0, 0.05) is 73.9 Å². The standard InChI is InChI=1S/C33H30Cl2N6O3/c1-42-31-13-26-29(38-17-23(16-36)33(26)39-30-15-32(43-2)28(35)14-27(30)34)12-25(31)22-11-24(44-20-22)19-41-9-7-40(8-10-41)18-21-3-5-37-6-4-21/h3-6,11-15,17,20H,7-10,18-19H2,1-2H3,(H,38,39). The molecule has 0 saturated carbocycles. The second-order valence-electron chi connectivity index (χ2n) is 10.5. The van der Waals surface area contributed by atoms with Crippen molar-refractivity contribution < 1.29 is 13.9 Å². The van der Waals surface area contributed by atoms with Crippen molar-refractivity contribution in [1.82, 2.24) is 19.8 Å². The van der Waals surface area contributed by atoms with Gasteiger partial charge in [-0.05, 0) is 42.0 Å². The number of furan rings is 1. The van der Waals surface area contributed by atoms with Gasteiger partial charge in [-0.3, -0.25) is 19.8 Å². The summed E-state index contributed by atoms with van der Waals surface area (Å²) in [6.45, 7) is 5.58. The summed E-state index contributed by atoms with van der Waals surface area (Å²) in [4.78, 5) is 13.6. The SMILES string of the molecule is COc1cc(Nc2c(C#N)cnc3cc(-c4coc(CN5CCN(Cc6ccncc6)CC5)c4)c(OC)cc23)c(Cl)cc1Cl. The van der Waals surface area contributed by atoms with E-state index in [0.29, 0.717) is 49.4 Å². The number of nitriles is 1. The Labute approximate surface area is 265 Å². The predicted octanol–water partition coefficient (Wildman–Crippen LogP) is 7.15. The van der Waals surface area contributed by atoms with Crippen LogP contribution in [0.3, 0.4) is 0 Å². The maximum Gasteiger partial charge on any atom is 0.139 e. The van der Waals surface area contributed by atoms with E-state index < -0.39 is 0 Å². The van der Waals surface area contributed by atoms with Crippen LogP contribution < -0.4 is 14.8 Å². The number of hydrogen-bond donors (Lipinski definition) is 1. The number of aromatic nitrogens is 2. The molecule has 1 fully saturated rings. The number of rotatable bonds is 9. The van der Waals surface area contributed by atoms with Crippen molar-refractivity contribution in [3.8, 4) is 28.7 Å². The Morgan fingerprint density at radius 1 is 0.932 bits per heavy atom. The molecule has 0 unspecified atom stereocenters. The Morgan fingerprint density at radius 3 is 2.36 bits per heavy atom. The van der Waals surface area contributed by atoms with Crippen LogP contribution in [0.25, 0.3) is 22.0 Å². The third kappa shape index (κ3) is 6.30. The highest BCUT2D eigenvalue weighted by molar-refractivity contribution is 6.37. The van der Waals surface area contributed by atoms with Gasteiger partial charge in [-0.1, -0.05) is 23.2 Å². The first-order chi connectivity index (χ1) is 21.4. The fourth-order valence-electron chi connectivity index (χ4n) is 5.43. The largest absolute Gasteiger partial charge is 0.496 e. The van der Waals surface area contributed by atoms with E-state index in [9.17, 15) is 5.26 Å². The molecule has 0 radical (unpaired) electrons. The maximum absolute atomic E-state index is 9.89. The number of hydrogen-bond acceptors (Lipinski definition) is 9. The summed E-state index contributed by atoms with van der Waals surface area (Å²) in [6, 6.07) is 15.5. The van der Waals surface area contributed by atoms with E-state index in [2.05, 4.69) is 49.4 Å². The molecule has 0 bridgehead atoms. The van der Waals surface area contributed by atoms with Gasteiger partial charge in [0.05, 0.1) is 59.5 Å². The van der Waals surface area contributed by atoms with Crippen LogP contribution in [-0.4, -0.2) is 60.2 Å². The first-order valence-electron chi connectivity index (χ1n) is 14.1. The fourth-order valence-corrected chi connectivity index (χ4v) is 5.93. The monoisotopic (exact) mass is 628 g/mol. The normalized spacial score (nSPS) is 14.0. The van der Waals surface area contributed by atoms with Crippen LogP contribution in [0.15, 0.2) is 71.7 Å². The lowest BCUT2D eigenvalue weighted by Gasteiger charge is -2.34. The molecule has 2 aromatic carbocycles. The first kappa shape index (κ1) is 29.7. The van der Waals surface area contributed by atoms with Crippen molar-refractivity contribution in [3.63, 3.8) is 0 Å². The zero-order valence-corrected chi connectivity index (χ0v) is 25.8. The van der Waals surface area contributed by atoms with Crippen molar-refractivity contribution >= 4 is 45.5 Å². The highest BCUT2D eigenvalue weighted by atomic mass is 35.5. The minimum Gasteiger partial charge on any atom is -0.496 e. The van der Waals surface area contributed by atoms with Crippen LogP contribution in [0.4, 0.5) is 11.4 Å². The highest BCUT2D eigenvalue weighted by Gasteiger charge is 2.21. The van der Waals surface area contributed by atoms with E-state index in [1.54, 1.807) is 25.5 Å². The number of anilines is 2. The average Bonchev–Trinajstić information content (AvgIpc) is 3.51. The summed E-state index contributed by atoms with van der Waals surface area (Å²) in [5.74, 6) is 1.96. The Hall–Kier alpha value is -4.33. The lowest BCUT2D eigenvalue weighted by Crippen LogP contribution is -2.45. The van der Waals surface area contributed by atoms with Gasteiger partial charge in [0.2, 0.25) is 0 Å². The molecule has 224 valence electrons. The Kier molecular flexibility index (Phi) is 8.87. The van der Waals surface area contributed by atoms with E-state index in [-0.39, 0.29) is 0 Å². The molecule has 3 aromatic heterocycles. The van der Waals surface area contributed by atoms with E-state index in [0.717, 1.165) is 56.2 Å². The van der Waals surface area contributed by atoms with Crippen LogP contribution >= 0.6 is 23.2 Å². The Balaban J connectivity index is 1.23. The van der Waals surface area contributed by atoms with Crippen LogP contribution in [0.5, 0.6) is 11.5 Å². The number of methoxy groups -OCH3 is 2. The molecule has 1 aliphatic heterocycles. The number of pyridine rings is 2. The first-order valence-corrected chi connectivity index (χ1v) is 14.8. The smallest absolute Gasteiger partial charge is 0.139 e. The molecule has 5 aromatic rings. The van der Waals surface area contributed by atoms with E-state index in [1.165, 1.54) is 18.9 Å². The van der Waals surface area contributed by atoms with Crippen molar-refractivity contribution in [2.75, 3.05) is 45.7 Å². The fraction of sp³-hybridized carbons (Fsp3) is 0.242. The third-order valence-electron chi connectivity index (χ3n) is 7.78. The van der Waals surface area contributed by atoms with Crippen LogP contribution in [0.1, 0.15) is 16.9 Å². The van der Waals surface area contributed by atoms with Crippen LogP contribution in [0.2, 0.25) is 10.0 Å². The van der Waals surface area contributed by atoms with Gasteiger partial charge >= 0.3 is 0 Å². The van der Waals surface area contributed by atoms with Crippen molar-refractivity contribution in [3.05, 3.63) is 94.3 Å². The second kappa shape index (κ2) is 13.1. The summed E-state index contributed by atoms with van der Waals surface area (Å²) in [5, 5.41) is 14.6. The Morgan fingerprint density at radius 2 is 1.66 bits per heavy atom. The van der Waals surface area contributed by atoms with Crippen molar-refractivity contribution in [2.45, 2.75) is 13.1 Å². The number of nitrogens with one attached hydrogen (secondary N) is 1. The molecule has 0 atom stereocenters. The minimum absolute atomic E-state index is 0.351. The molecule has 9 nitrogen and oxygen atoms in total. The summed E-state index contributed by atoms with van der Waals surface area (Å²) in [5.41, 5.74) is 5.12. The van der Waals surface area contributed by atoms with E-state index in [4.69, 9.17) is 37.1 Å². The summed E-state index contributed by atoms with van der Waals surface area (Å²) >= 11 is 12.7. The lowest BCUT2D eigenvalue weighted by molar-refractivity contribution is 0.116. The van der Waals surface area contributed by atoms with Gasteiger partial charge in [-0.25, -0.2) is 0 Å². The number of nitrogens with zero attached hydrogens (tertiary/aromatic N) is 5. The molecule has 1 saturated heterocycles. The molecule has 1 aliphatic rings. The number of fused-ring (bicyclic) bond motifs is 1. The number of piperazine rings is 1. The zero-order valence-electron chi connectivity index (χ0n) is 24.3. The molecular formula is C33H30Cl2N6O3. The minimum atomic E-state index is 0.351. The molecule has 0 spiro atoms. The molecule has 0 aliphatic carbocycles. The van der Waals surface area contributed by atoms with E-state index >= 15 is 0 Å². The predicted molar refractivity (Wildman–Crippen MR) is 172 cm³/mol. The number of halogens is 2. The van der Waals surface area contributed by atoms with Gasteiger partial charge in [-0.2, -0.15) is 5.26 Å². The summed E-state index contributed by atoms with van der Waals surface area (Å²) < 4.78 is 17.2. The quantitative estimate of drug-likeness (QED) is 0.182. The van der Waals surface area contributed by atoms with Gasteiger partial charge in [-0.15, -0.1) is 0 Å². The molecule has 4 heterocycles. The van der Waals surface area contributed by atoms with Gasteiger partial charge in [0.1, 0.15) is 23.3 Å². The third-order valence-corrected chi connectivity index (χ3v) is 8.38. The van der Waals surface area contributed by atoms with Gasteiger partial charge in [0.15, 0.2) is 0 Å². The molecular weight excluding hydrogens is 599 g/mol. The van der Waals surface area contributed by atoms with E-state index in [1.807, 2.05) is 24.5 Å². The van der Waals surface area contributed by atoms with Crippen molar-refractivity contribution in [2.24, 2.45) is 0 Å². The van der Waals surface area contributed by atoms with Crippen molar-refractivity contribution in [1.29, 1.82) is 5.26 Å². The lowest BCUT2D eigenvalue weighted by atomic mass is 10.0. The number of benzene rings is 2. The topological polar surface area (TPSA) is 99.7 Å². The molecule has 6 rings (SSSR count). The van der Waals surface area contributed by atoms with Gasteiger partial charge < -0.3 is 19.2 Å². The maximum atomic E-state index is 9.89. The van der Waals surface area contributed by atoms with Gasteiger partial charge in [0.25, 0.3) is 0 Å². The average molecular weight is 630 g/mol. The highest BCUT2D eigenvalue weighted by Crippen LogP contribution is 2.41. The summed E-state index contributed by atoms with van der Waals surface area (Å²) in [7, 11) is 3.15. The second-order valence-corrected chi connectivity index (χ2v) is 11.3. The molecule has 1 N–H and O–H groups in total. The van der Waals surface area contributed by atoms with Crippen LogP contribution in [0, 0.1) is 11.3 Å². The molecule has 44 heavy (non-hydrogen) atoms. The summed E-state index contributed by atoms with van der Waals surface area (Å²) in [6.07, 6.45) is 6.97. The number of ether oxygens (including phenoxy) is 2. The zero-order chi connectivity index (χ0) is 30.6. The molecule has 0 amide bonds. The Bertz CT molecular complexity index is 1830.